The average molecular weight is 331 g/mol. The molecular formula is C18H12F3NO2. The van der Waals surface area contributed by atoms with Crippen LogP contribution in [0.15, 0.2) is 54.6 Å². The van der Waals surface area contributed by atoms with Crippen molar-refractivity contribution >= 4 is 16.7 Å². The van der Waals surface area contributed by atoms with Crippen LogP contribution in [0.25, 0.3) is 22.0 Å². The summed E-state index contributed by atoms with van der Waals surface area (Å²) in [5.41, 5.74) is 0.0762. The Morgan fingerprint density at radius 3 is 2.50 bits per heavy atom. The van der Waals surface area contributed by atoms with E-state index in [1.165, 1.54) is 19.2 Å². The molecule has 3 aromatic rings. The van der Waals surface area contributed by atoms with E-state index in [0.717, 1.165) is 11.5 Å². The normalized spacial score (nSPS) is 11.5. The van der Waals surface area contributed by atoms with Crippen molar-refractivity contribution in [3.8, 4) is 11.3 Å². The molecule has 24 heavy (non-hydrogen) atoms. The van der Waals surface area contributed by atoms with E-state index < -0.39 is 17.8 Å². The van der Waals surface area contributed by atoms with Crippen molar-refractivity contribution < 1.29 is 22.7 Å². The van der Waals surface area contributed by atoms with E-state index in [1.54, 1.807) is 30.3 Å². The van der Waals surface area contributed by atoms with Crippen LogP contribution in [0.2, 0.25) is 0 Å². The third kappa shape index (κ3) is 2.95. The van der Waals surface area contributed by atoms with Crippen molar-refractivity contribution in [2.45, 2.75) is 6.18 Å². The lowest BCUT2D eigenvalue weighted by Gasteiger charge is -2.10. The molecule has 0 saturated carbocycles. The summed E-state index contributed by atoms with van der Waals surface area (Å²) in [7, 11) is 1.27. The van der Waals surface area contributed by atoms with Gasteiger partial charge in [-0.2, -0.15) is 13.2 Å². The van der Waals surface area contributed by atoms with Crippen LogP contribution in [0.1, 0.15) is 16.1 Å². The maximum Gasteiger partial charge on any atom is 0.433 e. The van der Waals surface area contributed by atoms with E-state index in [1.807, 2.05) is 6.07 Å². The van der Waals surface area contributed by atoms with Gasteiger partial charge in [0.05, 0.1) is 18.4 Å². The second-order valence-corrected chi connectivity index (χ2v) is 5.14. The number of benzene rings is 2. The van der Waals surface area contributed by atoms with Gasteiger partial charge in [-0.1, -0.05) is 30.3 Å². The van der Waals surface area contributed by atoms with Crippen molar-refractivity contribution in [2.24, 2.45) is 0 Å². The van der Waals surface area contributed by atoms with E-state index in [-0.39, 0.29) is 5.69 Å². The zero-order chi connectivity index (χ0) is 17.3. The van der Waals surface area contributed by atoms with Gasteiger partial charge in [-0.25, -0.2) is 9.78 Å². The predicted octanol–water partition coefficient (Wildman–Crippen LogP) is 4.71. The minimum atomic E-state index is -4.52. The predicted molar refractivity (Wildman–Crippen MR) is 83.5 cm³/mol. The minimum absolute atomic E-state index is 0.192. The van der Waals surface area contributed by atoms with E-state index in [4.69, 9.17) is 4.74 Å². The van der Waals surface area contributed by atoms with Gasteiger partial charge in [0, 0.05) is 5.56 Å². The molecule has 0 radical (unpaired) electrons. The van der Waals surface area contributed by atoms with Crippen LogP contribution in [-0.4, -0.2) is 18.1 Å². The number of nitrogens with zero attached hydrogens (tertiary/aromatic N) is 1. The van der Waals surface area contributed by atoms with Crippen LogP contribution in [0.4, 0.5) is 13.2 Å². The largest absolute Gasteiger partial charge is 0.465 e. The molecule has 0 bridgehead atoms. The molecule has 0 aliphatic heterocycles. The zero-order valence-corrected chi connectivity index (χ0v) is 12.6. The lowest BCUT2D eigenvalue weighted by molar-refractivity contribution is -0.141. The van der Waals surface area contributed by atoms with E-state index in [9.17, 15) is 18.0 Å². The molecule has 2 aromatic carbocycles. The van der Waals surface area contributed by atoms with Crippen LogP contribution in [0.3, 0.4) is 0 Å². The van der Waals surface area contributed by atoms with E-state index >= 15 is 0 Å². The average Bonchev–Trinajstić information content (AvgIpc) is 2.59. The van der Waals surface area contributed by atoms with Crippen LogP contribution in [0.5, 0.6) is 0 Å². The fourth-order valence-corrected chi connectivity index (χ4v) is 2.48. The summed E-state index contributed by atoms with van der Waals surface area (Å²) in [5, 5.41) is 1.42. The van der Waals surface area contributed by atoms with Gasteiger partial charge < -0.3 is 4.74 Å². The molecular weight excluding hydrogens is 319 g/mol. The highest BCUT2D eigenvalue weighted by molar-refractivity contribution is 6.01. The number of rotatable bonds is 2. The first-order valence-corrected chi connectivity index (χ1v) is 7.06. The zero-order valence-electron chi connectivity index (χ0n) is 12.6. The Balaban J connectivity index is 2.21. The number of pyridine rings is 1. The Kier molecular flexibility index (Phi) is 3.97. The highest BCUT2D eigenvalue weighted by Crippen LogP contribution is 2.32. The van der Waals surface area contributed by atoms with Gasteiger partial charge in [0.15, 0.2) is 0 Å². The summed E-state index contributed by atoms with van der Waals surface area (Å²) in [6.45, 7) is 0. The molecule has 0 aliphatic carbocycles. The van der Waals surface area contributed by atoms with Crippen molar-refractivity contribution in [3.05, 3.63) is 65.9 Å². The summed E-state index contributed by atoms with van der Waals surface area (Å²) in [6.07, 6.45) is -4.52. The van der Waals surface area contributed by atoms with Gasteiger partial charge in [-0.15, -0.1) is 0 Å². The number of carbonyl (C=O) groups excluding carboxylic acids is 1. The molecule has 3 rings (SSSR count). The van der Waals surface area contributed by atoms with Gasteiger partial charge >= 0.3 is 12.1 Å². The number of halogens is 3. The van der Waals surface area contributed by atoms with E-state index in [2.05, 4.69) is 4.98 Å². The molecule has 0 saturated heterocycles. The summed E-state index contributed by atoms with van der Waals surface area (Å²) in [6, 6.07) is 13.9. The summed E-state index contributed by atoms with van der Waals surface area (Å²) in [4.78, 5) is 15.4. The molecule has 3 nitrogen and oxygen atoms in total. The third-order valence-corrected chi connectivity index (χ3v) is 3.62. The highest BCUT2D eigenvalue weighted by Gasteiger charge is 2.32. The first kappa shape index (κ1) is 16.0. The summed E-state index contributed by atoms with van der Waals surface area (Å²) in [5.74, 6) is -0.510. The Morgan fingerprint density at radius 1 is 1.04 bits per heavy atom. The second-order valence-electron chi connectivity index (χ2n) is 5.14. The van der Waals surface area contributed by atoms with Gasteiger partial charge in [-0.05, 0) is 35.0 Å². The van der Waals surface area contributed by atoms with Crippen LogP contribution in [0, 0.1) is 0 Å². The standard InChI is InChI=1S/C18H12F3NO2/c1-24-17(23)12-9-8-11-4-2-5-13(14(11)10-12)15-6-3-7-16(22-15)18(19,20)21/h2-10H,1H3. The molecule has 0 N–H and O–H groups in total. The SMILES string of the molecule is COC(=O)c1ccc2cccc(-c3cccc(C(F)(F)F)n3)c2c1. The van der Waals surface area contributed by atoms with Gasteiger partial charge in [0.25, 0.3) is 0 Å². The lowest BCUT2D eigenvalue weighted by atomic mass is 9.99. The third-order valence-electron chi connectivity index (χ3n) is 3.62. The topological polar surface area (TPSA) is 39.2 Å². The Labute approximate surface area is 135 Å². The van der Waals surface area contributed by atoms with Crippen molar-refractivity contribution in [3.63, 3.8) is 0 Å². The Morgan fingerprint density at radius 2 is 1.79 bits per heavy atom. The molecule has 0 spiro atoms. The van der Waals surface area contributed by atoms with Crippen LogP contribution in [-0.2, 0) is 10.9 Å². The number of alkyl halides is 3. The molecule has 0 atom stereocenters. The summed E-state index contributed by atoms with van der Waals surface area (Å²) >= 11 is 0. The summed E-state index contributed by atoms with van der Waals surface area (Å²) < 4.78 is 43.4. The molecule has 122 valence electrons. The van der Waals surface area contributed by atoms with Gasteiger partial charge in [0.1, 0.15) is 5.69 Å². The number of hydrogen-bond acceptors (Lipinski definition) is 3. The molecule has 0 aliphatic rings. The molecule has 0 unspecified atom stereocenters. The number of hydrogen-bond donors (Lipinski definition) is 0. The van der Waals surface area contributed by atoms with Crippen molar-refractivity contribution in [1.82, 2.24) is 4.98 Å². The number of esters is 1. The maximum absolute atomic E-state index is 12.9. The highest BCUT2D eigenvalue weighted by atomic mass is 19.4. The van der Waals surface area contributed by atoms with Gasteiger partial charge in [-0.3, -0.25) is 0 Å². The Hall–Kier alpha value is -2.89. The monoisotopic (exact) mass is 331 g/mol. The number of aromatic nitrogens is 1. The number of methoxy groups -OCH3 is 1. The minimum Gasteiger partial charge on any atom is -0.465 e. The first-order valence-electron chi connectivity index (χ1n) is 7.06. The maximum atomic E-state index is 12.9. The number of ether oxygens (including phenoxy) is 1. The van der Waals surface area contributed by atoms with E-state index in [0.29, 0.717) is 16.5 Å². The lowest BCUT2D eigenvalue weighted by Crippen LogP contribution is -2.08. The fraction of sp³-hybridized carbons (Fsp3) is 0.111. The Bertz CT molecular complexity index is 920. The first-order chi connectivity index (χ1) is 11.4. The quantitative estimate of drug-likeness (QED) is 0.639. The molecule has 1 aromatic heterocycles. The molecule has 0 amide bonds. The number of carbonyl (C=O) groups is 1. The van der Waals surface area contributed by atoms with Gasteiger partial charge in [0.2, 0.25) is 0 Å². The van der Waals surface area contributed by atoms with Crippen molar-refractivity contribution in [2.75, 3.05) is 7.11 Å². The number of fused-ring (bicyclic) bond motifs is 1. The second kappa shape index (κ2) is 5.96. The molecule has 1 heterocycles. The van der Waals surface area contributed by atoms with Crippen LogP contribution < -0.4 is 0 Å². The van der Waals surface area contributed by atoms with Crippen molar-refractivity contribution in [1.29, 1.82) is 0 Å². The smallest absolute Gasteiger partial charge is 0.433 e. The molecule has 0 fully saturated rings. The molecule has 6 heteroatoms. The fourth-order valence-electron chi connectivity index (χ4n) is 2.48. The van der Waals surface area contributed by atoms with Crippen LogP contribution >= 0.6 is 0 Å².